The molecule has 0 bridgehead atoms. The highest BCUT2D eigenvalue weighted by atomic mass is 35.5. The number of carbonyl (C=O) groups is 1. The molecule has 5 rings (SSSR count). The number of fused-ring (bicyclic) bond motifs is 1. The van der Waals surface area contributed by atoms with Gasteiger partial charge < -0.3 is 29.4 Å². The van der Waals surface area contributed by atoms with Gasteiger partial charge in [-0.1, -0.05) is 66.6 Å². The lowest BCUT2D eigenvalue weighted by molar-refractivity contribution is 0.0988. The maximum Gasteiger partial charge on any atom is 0.197 e. The van der Waals surface area contributed by atoms with E-state index < -0.39 is 0 Å². The van der Waals surface area contributed by atoms with Gasteiger partial charge in [0.1, 0.15) is 17.3 Å². The summed E-state index contributed by atoms with van der Waals surface area (Å²) in [6.45, 7) is 6.13. The summed E-state index contributed by atoms with van der Waals surface area (Å²) < 4.78 is 22.3. The highest BCUT2D eigenvalue weighted by Crippen LogP contribution is 2.38. The number of benzene rings is 3. The summed E-state index contributed by atoms with van der Waals surface area (Å²) in [6.07, 6.45) is 1.67. The molecule has 46 heavy (non-hydrogen) atoms. The number of rotatable bonds is 12. The Labute approximate surface area is 276 Å². The number of thioether (sulfide) groups is 1. The summed E-state index contributed by atoms with van der Waals surface area (Å²) in [7, 11) is 3.16. The Kier molecular flexibility index (Phi) is 10.8. The van der Waals surface area contributed by atoms with Gasteiger partial charge in [-0.15, -0.1) is 0 Å². The largest absolute Gasteiger partial charge is 0.493 e. The Hall–Kier alpha value is -4.58. The predicted molar refractivity (Wildman–Crippen MR) is 184 cm³/mol. The lowest BCUT2D eigenvalue weighted by Gasteiger charge is -2.14. The number of ether oxygens (including phenoxy) is 3. The second-order valence-corrected chi connectivity index (χ2v) is 11.9. The maximum atomic E-state index is 12.5. The van der Waals surface area contributed by atoms with E-state index >= 15 is 0 Å². The van der Waals surface area contributed by atoms with E-state index in [4.69, 9.17) is 30.3 Å². The first-order valence-corrected chi connectivity index (χ1v) is 15.8. The molecule has 0 aliphatic rings. The molecular formula is C34H34ClN5O5S. The van der Waals surface area contributed by atoms with E-state index in [1.807, 2.05) is 56.3 Å². The molecular weight excluding hydrogens is 626 g/mol. The number of pyridine rings is 1. The number of Topliss-reactive ketones (excluding diaryl/α,β-unsaturated/α-hetero) is 1. The molecule has 0 radical (unpaired) electrons. The number of hydrogen-bond acceptors (Lipinski definition) is 10. The van der Waals surface area contributed by atoms with Crippen LogP contribution in [0.1, 0.15) is 35.5 Å². The van der Waals surface area contributed by atoms with E-state index in [0.717, 1.165) is 10.9 Å². The summed E-state index contributed by atoms with van der Waals surface area (Å²) in [6, 6.07) is 20.3. The first kappa shape index (κ1) is 32.8. The zero-order chi connectivity index (χ0) is 32.6. The topological polar surface area (TPSA) is 120 Å². The Morgan fingerprint density at radius 1 is 1.00 bits per heavy atom. The quantitative estimate of drug-likeness (QED) is 0.0770. The van der Waals surface area contributed by atoms with Gasteiger partial charge in [-0.2, -0.15) is 0 Å². The molecule has 238 valence electrons. The van der Waals surface area contributed by atoms with Crippen molar-refractivity contribution >= 4 is 56.7 Å². The molecule has 0 saturated carbocycles. The summed E-state index contributed by atoms with van der Waals surface area (Å²) >= 11 is 8.20. The number of halogens is 1. The molecule has 2 N–H and O–H groups in total. The van der Waals surface area contributed by atoms with Crippen molar-refractivity contribution in [1.82, 2.24) is 15.5 Å². The molecule has 0 saturated heterocycles. The van der Waals surface area contributed by atoms with Crippen molar-refractivity contribution in [3.05, 3.63) is 94.8 Å². The van der Waals surface area contributed by atoms with Crippen LogP contribution in [0.3, 0.4) is 0 Å². The van der Waals surface area contributed by atoms with Gasteiger partial charge in [-0.3, -0.25) is 9.78 Å². The Bertz CT molecular complexity index is 1860. The molecule has 0 unspecified atom stereocenters. The van der Waals surface area contributed by atoms with E-state index in [9.17, 15) is 4.79 Å². The zero-order valence-corrected chi connectivity index (χ0v) is 27.7. The normalized spacial score (nSPS) is 11.6. The summed E-state index contributed by atoms with van der Waals surface area (Å²) in [5.41, 5.74) is 3.02. The zero-order valence-electron chi connectivity index (χ0n) is 26.1. The molecule has 0 amide bonds. The van der Waals surface area contributed by atoms with Gasteiger partial charge in [0.05, 0.1) is 37.0 Å². The lowest BCUT2D eigenvalue weighted by Crippen LogP contribution is -2.29. The molecule has 0 fully saturated rings. The summed E-state index contributed by atoms with van der Waals surface area (Å²) in [4.78, 5) is 21.5. The lowest BCUT2D eigenvalue weighted by atomic mass is 10.1. The van der Waals surface area contributed by atoms with Crippen LogP contribution in [0.5, 0.6) is 23.0 Å². The number of carbonyl (C=O) groups excluding carboxylic acids is 1. The van der Waals surface area contributed by atoms with E-state index in [1.54, 1.807) is 51.6 Å². The van der Waals surface area contributed by atoms with Crippen LogP contribution in [0, 0.1) is 6.92 Å². The number of methoxy groups -OCH3 is 2. The van der Waals surface area contributed by atoms with Crippen molar-refractivity contribution in [2.24, 2.45) is 4.99 Å². The molecule has 10 nitrogen and oxygen atoms in total. The highest BCUT2D eigenvalue weighted by molar-refractivity contribution is 8.13. The van der Waals surface area contributed by atoms with Gasteiger partial charge in [0.15, 0.2) is 28.3 Å². The fourth-order valence-corrected chi connectivity index (χ4v) is 5.44. The van der Waals surface area contributed by atoms with Crippen molar-refractivity contribution in [2.45, 2.75) is 32.6 Å². The van der Waals surface area contributed by atoms with E-state index in [1.165, 1.54) is 11.8 Å². The Morgan fingerprint density at radius 3 is 2.43 bits per heavy atom. The second kappa shape index (κ2) is 15.1. The van der Waals surface area contributed by atoms with Gasteiger partial charge >= 0.3 is 0 Å². The molecule has 0 atom stereocenters. The molecule has 2 aromatic heterocycles. The standard InChI is InChI=1S/C34H34ClN5O5S/c1-20(2)37-18-29(41)23-8-6-22(7-9-23)19-46-34(39-33-14-21(3)45-40-33)38-27-11-10-24(15-26(27)35)44-30-12-13-36-28-17-32(43-5)31(42-4)16-25(28)30/h6-17,20,37H,18-19H2,1-5H3,(H,38,39,40). The first-order chi connectivity index (χ1) is 22.2. The predicted octanol–water partition coefficient (Wildman–Crippen LogP) is 8.21. The van der Waals surface area contributed by atoms with Crippen LogP contribution >= 0.6 is 23.4 Å². The maximum absolute atomic E-state index is 12.5. The number of aryl methyl sites for hydroxylation is 1. The van der Waals surface area contributed by atoms with Gasteiger partial charge in [-0.05, 0) is 36.8 Å². The number of amidine groups is 1. The third-order valence-corrected chi connectivity index (χ3v) is 8.03. The summed E-state index contributed by atoms with van der Waals surface area (Å²) in [5, 5.41) is 12.2. The van der Waals surface area contributed by atoms with Gasteiger partial charge in [0.25, 0.3) is 0 Å². The van der Waals surface area contributed by atoms with Crippen LogP contribution in [-0.4, -0.2) is 47.9 Å². The molecule has 0 aliphatic carbocycles. The van der Waals surface area contributed by atoms with Crippen LogP contribution in [-0.2, 0) is 5.75 Å². The summed E-state index contributed by atoms with van der Waals surface area (Å²) in [5.74, 6) is 3.99. The first-order valence-electron chi connectivity index (χ1n) is 14.5. The molecule has 0 aliphatic heterocycles. The molecule has 2 heterocycles. The second-order valence-electron chi connectivity index (χ2n) is 10.6. The fraction of sp³-hybridized carbons (Fsp3) is 0.235. The van der Waals surface area contributed by atoms with Crippen LogP contribution in [0.2, 0.25) is 5.02 Å². The SMILES string of the molecule is COc1cc2nccc(Oc3ccc(N/C(=N/c4cc(C)on4)SCc4ccc(C(=O)CNC(C)C)cc4)c(Cl)c3)c2cc1OC. The Morgan fingerprint density at radius 2 is 1.76 bits per heavy atom. The van der Waals surface area contributed by atoms with Crippen molar-refractivity contribution in [2.75, 3.05) is 26.1 Å². The monoisotopic (exact) mass is 659 g/mol. The minimum absolute atomic E-state index is 0.0531. The van der Waals surface area contributed by atoms with Crippen molar-refractivity contribution in [1.29, 1.82) is 0 Å². The van der Waals surface area contributed by atoms with Crippen LogP contribution in [0.25, 0.3) is 10.9 Å². The van der Waals surface area contributed by atoms with Crippen LogP contribution in [0.15, 0.2) is 82.4 Å². The average Bonchev–Trinajstić information content (AvgIpc) is 3.47. The number of hydrogen-bond donors (Lipinski definition) is 2. The number of nitrogens with zero attached hydrogens (tertiary/aromatic N) is 3. The van der Waals surface area contributed by atoms with E-state index in [-0.39, 0.29) is 11.8 Å². The van der Waals surface area contributed by atoms with Crippen LogP contribution < -0.4 is 24.8 Å². The minimum Gasteiger partial charge on any atom is -0.493 e. The minimum atomic E-state index is 0.0531. The van der Waals surface area contributed by atoms with E-state index in [2.05, 4.69) is 25.8 Å². The highest BCUT2D eigenvalue weighted by Gasteiger charge is 2.14. The van der Waals surface area contributed by atoms with Gasteiger partial charge in [0, 0.05) is 47.1 Å². The fourth-order valence-electron chi connectivity index (χ4n) is 4.38. The van der Waals surface area contributed by atoms with Crippen molar-refractivity contribution in [3.63, 3.8) is 0 Å². The molecule has 5 aromatic rings. The number of aliphatic imine (C=N–C) groups is 1. The molecule has 0 spiro atoms. The Balaban J connectivity index is 1.32. The average molecular weight is 660 g/mol. The van der Waals surface area contributed by atoms with Gasteiger partial charge in [0.2, 0.25) is 0 Å². The third kappa shape index (κ3) is 8.36. The number of ketones is 1. The smallest absolute Gasteiger partial charge is 0.197 e. The number of anilines is 1. The van der Waals surface area contributed by atoms with Crippen molar-refractivity contribution < 1.29 is 23.5 Å². The number of aromatic nitrogens is 2. The molecule has 3 aromatic carbocycles. The molecule has 12 heteroatoms. The van der Waals surface area contributed by atoms with Crippen LogP contribution in [0.4, 0.5) is 11.5 Å². The van der Waals surface area contributed by atoms with Crippen molar-refractivity contribution in [3.8, 4) is 23.0 Å². The third-order valence-electron chi connectivity index (χ3n) is 6.77. The van der Waals surface area contributed by atoms with E-state index in [0.29, 0.717) is 73.8 Å². The number of nitrogens with one attached hydrogen (secondary N) is 2. The van der Waals surface area contributed by atoms with Gasteiger partial charge in [-0.25, -0.2) is 4.99 Å².